The van der Waals surface area contributed by atoms with Crippen molar-refractivity contribution in [3.8, 4) is 6.07 Å². The number of aliphatic hydroxyl groups excluding tert-OH is 1. The highest BCUT2D eigenvalue weighted by atomic mass is 16.3. The smallest absolute Gasteiger partial charge is 0.137 e. The molecule has 4 aliphatic carbocycles. The highest BCUT2D eigenvalue weighted by Gasteiger charge is 2.54. The van der Waals surface area contributed by atoms with Crippen LogP contribution in [0.2, 0.25) is 0 Å². The van der Waals surface area contributed by atoms with Gasteiger partial charge in [0.05, 0.1) is 12.2 Å². The lowest BCUT2D eigenvalue weighted by atomic mass is 9.57. The van der Waals surface area contributed by atoms with E-state index in [9.17, 15) is 9.90 Å². The first-order valence-corrected chi connectivity index (χ1v) is 9.14. The first kappa shape index (κ1) is 15.1. The number of carbonyl (C=O) groups is 1. The molecule has 0 unspecified atom stereocenters. The number of nitrogens with zero attached hydrogens (tertiary/aromatic N) is 1. The fourth-order valence-electron chi connectivity index (χ4n) is 5.95. The number of aliphatic hydroxyl groups is 1. The largest absolute Gasteiger partial charge is 0.393 e. The van der Waals surface area contributed by atoms with Crippen LogP contribution in [0.1, 0.15) is 64.2 Å². The third-order valence-corrected chi connectivity index (χ3v) is 7.04. The van der Waals surface area contributed by atoms with Gasteiger partial charge in [0.25, 0.3) is 0 Å². The number of hydrogen-bond acceptors (Lipinski definition) is 3. The van der Waals surface area contributed by atoms with Gasteiger partial charge in [-0.1, -0.05) is 11.6 Å². The average molecular weight is 311 g/mol. The molecule has 1 N–H and O–H groups in total. The second kappa shape index (κ2) is 5.60. The minimum absolute atomic E-state index is 0.0630. The molecule has 0 amide bonds. The molecule has 0 aliphatic heterocycles. The molecule has 0 aromatic heterocycles. The molecule has 0 saturated heterocycles. The van der Waals surface area contributed by atoms with E-state index in [4.69, 9.17) is 5.26 Å². The maximum absolute atomic E-state index is 11.8. The predicted molar refractivity (Wildman–Crippen MR) is 87.3 cm³/mol. The van der Waals surface area contributed by atoms with Gasteiger partial charge in [0.2, 0.25) is 0 Å². The summed E-state index contributed by atoms with van der Waals surface area (Å²) in [6.07, 6.45) is 10.9. The Balaban J connectivity index is 1.69. The van der Waals surface area contributed by atoms with E-state index in [1.807, 2.05) is 0 Å². The molecule has 0 bridgehead atoms. The Morgan fingerprint density at radius 1 is 1.26 bits per heavy atom. The summed E-state index contributed by atoms with van der Waals surface area (Å²) in [6.45, 7) is 0. The molecule has 4 rings (SSSR count). The van der Waals surface area contributed by atoms with Crippen molar-refractivity contribution in [1.82, 2.24) is 0 Å². The third kappa shape index (κ3) is 2.22. The Hall–Kier alpha value is -1.40. The Morgan fingerprint density at radius 3 is 2.96 bits per heavy atom. The first-order chi connectivity index (χ1) is 11.2. The Morgan fingerprint density at radius 2 is 2.13 bits per heavy atom. The molecule has 0 radical (unpaired) electrons. The van der Waals surface area contributed by atoms with Crippen molar-refractivity contribution >= 4 is 5.78 Å². The van der Waals surface area contributed by atoms with Gasteiger partial charge < -0.3 is 5.11 Å². The van der Waals surface area contributed by atoms with Crippen molar-refractivity contribution in [2.75, 3.05) is 0 Å². The van der Waals surface area contributed by atoms with Gasteiger partial charge in [-0.15, -0.1) is 0 Å². The van der Waals surface area contributed by atoms with Crippen molar-refractivity contribution in [1.29, 1.82) is 5.26 Å². The van der Waals surface area contributed by atoms with Gasteiger partial charge in [-0.2, -0.15) is 5.26 Å². The number of fused-ring (bicyclic) bond motifs is 4. The topological polar surface area (TPSA) is 61.1 Å². The summed E-state index contributed by atoms with van der Waals surface area (Å²) in [4.78, 5) is 11.8. The molecule has 3 heteroatoms. The molecule has 1 fully saturated rings. The van der Waals surface area contributed by atoms with Crippen molar-refractivity contribution in [3.05, 3.63) is 22.8 Å². The highest BCUT2D eigenvalue weighted by molar-refractivity contribution is 5.83. The Bertz CT molecular complexity index is 639. The fraction of sp³-hybridized carbons (Fsp3) is 0.700. The van der Waals surface area contributed by atoms with Crippen LogP contribution in [0.15, 0.2) is 22.8 Å². The van der Waals surface area contributed by atoms with Crippen LogP contribution >= 0.6 is 0 Å². The van der Waals surface area contributed by atoms with Crippen LogP contribution in [0, 0.1) is 28.6 Å². The molecule has 0 heterocycles. The lowest BCUT2D eigenvalue weighted by Crippen LogP contribution is -2.43. The first-order valence-electron chi connectivity index (χ1n) is 9.14. The van der Waals surface area contributed by atoms with E-state index in [1.165, 1.54) is 16.7 Å². The summed E-state index contributed by atoms with van der Waals surface area (Å²) < 4.78 is 0. The van der Waals surface area contributed by atoms with Crippen molar-refractivity contribution in [2.24, 2.45) is 17.3 Å². The molecule has 4 atom stereocenters. The van der Waals surface area contributed by atoms with Crippen LogP contribution in [0.25, 0.3) is 0 Å². The average Bonchev–Trinajstić information content (AvgIpc) is 2.89. The molecule has 4 aliphatic rings. The molecule has 23 heavy (non-hydrogen) atoms. The Labute approximate surface area is 138 Å². The molecule has 0 spiro atoms. The number of Topliss-reactive ketones (excluding diaryl/α,β-unsaturated/α-hetero) is 1. The highest BCUT2D eigenvalue weighted by Crippen LogP contribution is 2.60. The van der Waals surface area contributed by atoms with Crippen molar-refractivity contribution < 1.29 is 9.90 Å². The van der Waals surface area contributed by atoms with Crippen molar-refractivity contribution in [2.45, 2.75) is 70.3 Å². The van der Waals surface area contributed by atoms with Gasteiger partial charge >= 0.3 is 0 Å². The molecule has 0 aromatic carbocycles. The van der Waals surface area contributed by atoms with Gasteiger partial charge in [0.15, 0.2) is 0 Å². The second-order valence-electron chi connectivity index (χ2n) is 7.90. The predicted octanol–water partition coefficient (Wildman–Crippen LogP) is 3.84. The second-order valence-corrected chi connectivity index (χ2v) is 7.90. The van der Waals surface area contributed by atoms with Gasteiger partial charge in [-0.3, -0.25) is 4.79 Å². The van der Waals surface area contributed by atoms with Crippen LogP contribution < -0.4 is 0 Å². The standard InChI is InChI=1S/C20H25NO2/c21-11-1-9-20-10-8-16-15-5-3-14(22)12-13(15)2-4-17(16)18(20)6-7-19(20)23/h8,17-19,23H,1-7,9-10,12H2/t17-,18+,19+,20+/m1/s1. The van der Waals surface area contributed by atoms with Gasteiger partial charge in [0, 0.05) is 24.7 Å². The molecule has 3 nitrogen and oxygen atoms in total. The van der Waals surface area contributed by atoms with Gasteiger partial charge in [-0.05, 0) is 67.9 Å². The minimum atomic E-state index is -0.248. The summed E-state index contributed by atoms with van der Waals surface area (Å²) in [5, 5.41) is 19.7. The molecule has 1 saturated carbocycles. The summed E-state index contributed by atoms with van der Waals surface area (Å²) in [6, 6.07) is 2.29. The number of rotatable bonds is 2. The van der Waals surface area contributed by atoms with Gasteiger partial charge in [-0.25, -0.2) is 0 Å². The SMILES string of the molecule is N#CCC[C@]12CC=C3C4=C(CC[C@H]3[C@@H]1CC[C@@H]2O)CC(=O)CC4. The molecular weight excluding hydrogens is 286 g/mol. The molecular formula is C20H25NO2. The van der Waals surface area contributed by atoms with Crippen LogP contribution in [-0.2, 0) is 4.79 Å². The van der Waals surface area contributed by atoms with Crippen LogP contribution in [0.3, 0.4) is 0 Å². The summed E-state index contributed by atoms with van der Waals surface area (Å²) in [5.74, 6) is 1.47. The number of nitriles is 1. The fourth-order valence-corrected chi connectivity index (χ4v) is 5.95. The zero-order chi connectivity index (χ0) is 16.0. The van der Waals surface area contributed by atoms with E-state index in [2.05, 4.69) is 12.1 Å². The van der Waals surface area contributed by atoms with Crippen LogP contribution in [0.4, 0.5) is 0 Å². The lowest BCUT2D eigenvalue weighted by Gasteiger charge is -2.48. The van der Waals surface area contributed by atoms with E-state index in [1.54, 1.807) is 0 Å². The number of carbonyl (C=O) groups excluding carboxylic acids is 1. The monoisotopic (exact) mass is 311 g/mol. The maximum atomic E-state index is 11.8. The van der Waals surface area contributed by atoms with Crippen LogP contribution in [-0.4, -0.2) is 17.0 Å². The summed E-state index contributed by atoms with van der Waals surface area (Å²) in [5.41, 5.74) is 4.32. The number of ketones is 1. The van der Waals surface area contributed by atoms with E-state index >= 15 is 0 Å². The van der Waals surface area contributed by atoms with Gasteiger partial charge in [0.1, 0.15) is 5.78 Å². The third-order valence-electron chi connectivity index (χ3n) is 7.04. The van der Waals surface area contributed by atoms with Crippen LogP contribution in [0.5, 0.6) is 0 Å². The van der Waals surface area contributed by atoms with E-state index in [0.717, 1.165) is 44.9 Å². The molecule has 0 aromatic rings. The number of allylic oxidation sites excluding steroid dienone is 4. The zero-order valence-corrected chi connectivity index (χ0v) is 13.7. The van der Waals surface area contributed by atoms with E-state index in [-0.39, 0.29) is 11.5 Å². The maximum Gasteiger partial charge on any atom is 0.137 e. The minimum Gasteiger partial charge on any atom is -0.393 e. The lowest BCUT2D eigenvalue weighted by molar-refractivity contribution is -0.118. The van der Waals surface area contributed by atoms with E-state index < -0.39 is 0 Å². The Kier molecular flexibility index (Phi) is 3.69. The summed E-state index contributed by atoms with van der Waals surface area (Å²) in [7, 11) is 0. The quantitative estimate of drug-likeness (QED) is 0.843. The zero-order valence-electron chi connectivity index (χ0n) is 13.7. The normalized spacial score (nSPS) is 39.2. The molecule has 122 valence electrons. The van der Waals surface area contributed by atoms with Crippen molar-refractivity contribution in [3.63, 3.8) is 0 Å². The van der Waals surface area contributed by atoms with E-state index in [0.29, 0.717) is 36.9 Å². The summed E-state index contributed by atoms with van der Waals surface area (Å²) >= 11 is 0. The number of hydrogen-bond donors (Lipinski definition) is 1.